The van der Waals surface area contributed by atoms with Gasteiger partial charge in [0, 0.05) is 23.4 Å². The van der Waals surface area contributed by atoms with Gasteiger partial charge < -0.3 is 10.6 Å². The molecule has 0 atom stereocenters. The van der Waals surface area contributed by atoms with Crippen LogP contribution in [-0.2, 0) is 0 Å². The molecule has 0 bridgehead atoms. The average molecular weight is 334 g/mol. The van der Waals surface area contributed by atoms with E-state index in [0.717, 1.165) is 27.1 Å². The minimum atomic E-state index is -0.187. The van der Waals surface area contributed by atoms with Crippen LogP contribution in [0.1, 0.15) is 21.6 Å². The van der Waals surface area contributed by atoms with E-state index in [9.17, 15) is 4.79 Å². The summed E-state index contributed by atoms with van der Waals surface area (Å²) in [7, 11) is 1.79. The third-order valence-corrected chi connectivity index (χ3v) is 3.62. The van der Waals surface area contributed by atoms with E-state index in [2.05, 4.69) is 31.5 Å². The number of hydrogen-bond donors (Lipinski definition) is 2. The minimum absolute atomic E-state index is 0.187. The molecule has 0 aliphatic rings. The lowest BCUT2D eigenvalue weighted by Gasteiger charge is -2.11. The summed E-state index contributed by atoms with van der Waals surface area (Å²) < 4.78 is 0.850. The van der Waals surface area contributed by atoms with Crippen molar-refractivity contribution in [2.45, 2.75) is 13.8 Å². The summed E-state index contributed by atoms with van der Waals surface area (Å²) in [6.07, 6.45) is 1.58. The number of nitrogens with one attached hydrogen (secondary N) is 2. The smallest absolute Gasteiger partial charge is 0.259 e. The van der Waals surface area contributed by atoms with Gasteiger partial charge in [-0.25, -0.2) is 0 Å². The maximum Gasteiger partial charge on any atom is 0.259 e. The first-order valence-corrected chi connectivity index (χ1v) is 7.02. The van der Waals surface area contributed by atoms with E-state index in [1.165, 1.54) is 0 Å². The third-order valence-electron chi connectivity index (χ3n) is 2.92. The Kier molecular flexibility index (Phi) is 4.39. The maximum atomic E-state index is 12.4. The molecule has 5 heteroatoms. The third kappa shape index (κ3) is 3.17. The van der Waals surface area contributed by atoms with Gasteiger partial charge in [0.25, 0.3) is 5.91 Å². The Morgan fingerprint density at radius 1 is 1.20 bits per heavy atom. The molecule has 0 radical (unpaired) electrons. The van der Waals surface area contributed by atoms with Crippen molar-refractivity contribution in [2.75, 3.05) is 17.7 Å². The number of pyridine rings is 1. The van der Waals surface area contributed by atoms with Gasteiger partial charge in [-0.3, -0.25) is 9.78 Å². The fraction of sp³-hybridized carbons (Fsp3) is 0.200. The van der Waals surface area contributed by atoms with Crippen LogP contribution in [0.25, 0.3) is 0 Å². The molecule has 4 nitrogen and oxygen atoms in total. The van der Waals surface area contributed by atoms with Gasteiger partial charge in [-0.2, -0.15) is 0 Å². The van der Waals surface area contributed by atoms with Gasteiger partial charge in [0.05, 0.1) is 16.9 Å². The lowest BCUT2D eigenvalue weighted by atomic mass is 10.1. The van der Waals surface area contributed by atoms with Crippen LogP contribution in [-0.4, -0.2) is 17.9 Å². The number of rotatable bonds is 3. The molecule has 2 rings (SSSR count). The summed E-state index contributed by atoms with van der Waals surface area (Å²) in [4.78, 5) is 16.5. The molecule has 0 unspecified atom stereocenters. The van der Waals surface area contributed by atoms with Crippen LogP contribution >= 0.6 is 15.9 Å². The Morgan fingerprint density at radius 2 is 1.95 bits per heavy atom. The highest BCUT2D eigenvalue weighted by atomic mass is 79.9. The first-order valence-electron chi connectivity index (χ1n) is 6.23. The summed E-state index contributed by atoms with van der Waals surface area (Å²) in [6.45, 7) is 3.87. The molecular formula is C15H16BrN3O. The maximum absolute atomic E-state index is 12.4. The Balaban J connectivity index is 2.30. The van der Waals surface area contributed by atoms with Crippen molar-refractivity contribution in [1.29, 1.82) is 0 Å². The number of hydrogen-bond acceptors (Lipinski definition) is 3. The zero-order chi connectivity index (χ0) is 14.7. The first kappa shape index (κ1) is 14.5. The molecule has 1 aromatic carbocycles. The van der Waals surface area contributed by atoms with Gasteiger partial charge in [0.15, 0.2) is 0 Å². The Bertz CT molecular complexity index is 656. The number of anilines is 2. The van der Waals surface area contributed by atoms with Crippen LogP contribution in [0.2, 0.25) is 0 Å². The number of amides is 1. The predicted molar refractivity (Wildman–Crippen MR) is 85.4 cm³/mol. The number of halogens is 1. The molecule has 20 heavy (non-hydrogen) atoms. The second-order valence-electron chi connectivity index (χ2n) is 4.56. The molecule has 104 valence electrons. The molecule has 1 heterocycles. The van der Waals surface area contributed by atoms with Crippen LogP contribution in [0.5, 0.6) is 0 Å². The highest BCUT2D eigenvalue weighted by Gasteiger charge is 2.13. The van der Waals surface area contributed by atoms with E-state index in [-0.39, 0.29) is 5.91 Å². The van der Waals surface area contributed by atoms with Gasteiger partial charge in [0.2, 0.25) is 0 Å². The van der Waals surface area contributed by atoms with Crippen LogP contribution in [0, 0.1) is 13.8 Å². The van der Waals surface area contributed by atoms with Crippen LogP contribution < -0.4 is 10.6 Å². The lowest BCUT2D eigenvalue weighted by molar-refractivity contribution is 0.102. The van der Waals surface area contributed by atoms with Gasteiger partial charge in [-0.15, -0.1) is 0 Å². The van der Waals surface area contributed by atoms with Crippen molar-refractivity contribution in [2.24, 2.45) is 0 Å². The van der Waals surface area contributed by atoms with E-state index in [1.54, 1.807) is 13.2 Å². The summed E-state index contributed by atoms with van der Waals surface area (Å²) in [5, 5.41) is 5.91. The van der Waals surface area contributed by atoms with Crippen molar-refractivity contribution in [3.05, 3.63) is 51.8 Å². The number of carbonyl (C=O) groups excluding carboxylic acids is 1. The minimum Gasteiger partial charge on any atom is -0.387 e. The molecule has 0 aliphatic heterocycles. The second kappa shape index (κ2) is 6.05. The van der Waals surface area contributed by atoms with Gasteiger partial charge >= 0.3 is 0 Å². The Hall–Kier alpha value is -1.88. The molecule has 0 spiro atoms. The zero-order valence-corrected chi connectivity index (χ0v) is 13.2. The topological polar surface area (TPSA) is 54.0 Å². The van der Waals surface area contributed by atoms with Crippen molar-refractivity contribution in [3.63, 3.8) is 0 Å². The van der Waals surface area contributed by atoms with E-state index in [4.69, 9.17) is 0 Å². The standard InChI is InChI=1S/C15H16BrN3O/c1-9-4-5-12(16)14(6-9)19-15(20)11-8-18-10(2)7-13(11)17-3/h4-8H,1-3H3,(H,17,18)(H,19,20). The van der Waals surface area contributed by atoms with E-state index in [0.29, 0.717) is 5.56 Å². The van der Waals surface area contributed by atoms with Gasteiger partial charge in [-0.05, 0) is 53.5 Å². The SMILES string of the molecule is CNc1cc(C)ncc1C(=O)Nc1cc(C)ccc1Br. The van der Waals surface area contributed by atoms with Crippen LogP contribution in [0.15, 0.2) is 34.9 Å². The largest absolute Gasteiger partial charge is 0.387 e. The Morgan fingerprint density at radius 3 is 2.65 bits per heavy atom. The van der Waals surface area contributed by atoms with Crippen molar-refractivity contribution in [1.82, 2.24) is 4.98 Å². The quantitative estimate of drug-likeness (QED) is 0.899. The molecular weight excluding hydrogens is 318 g/mol. The highest BCUT2D eigenvalue weighted by Crippen LogP contribution is 2.25. The summed E-state index contributed by atoms with van der Waals surface area (Å²) in [5.41, 5.74) is 3.98. The molecule has 1 amide bonds. The number of aromatic nitrogens is 1. The van der Waals surface area contributed by atoms with Crippen LogP contribution in [0.4, 0.5) is 11.4 Å². The fourth-order valence-corrected chi connectivity index (χ4v) is 2.22. The monoisotopic (exact) mass is 333 g/mol. The predicted octanol–water partition coefficient (Wildman–Crippen LogP) is 3.75. The lowest BCUT2D eigenvalue weighted by Crippen LogP contribution is -2.15. The normalized spacial score (nSPS) is 10.2. The van der Waals surface area contributed by atoms with Crippen molar-refractivity contribution in [3.8, 4) is 0 Å². The summed E-state index contributed by atoms with van der Waals surface area (Å²) in [6, 6.07) is 7.66. The Labute approximate surface area is 126 Å². The molecule has 0 saturated carbocycles. The van der Waals surface area contributed by atoms with E-state index in [1.807, 2.05) is 38.1 Å². The fourth-order valence-electron chi connectivity index (χ4n) is 1.87. The van der Waals surface area contributed by atoms with E-state index >= 15 is 0 Å². The summed E-state index contributed by atoms with van der Waals surface area (Å²) in [5.74, 6) is -0.187. The number of benzene rings is 1. The number of aryl methyl sites for hydroxylation is 2. The molecule has 0 saturated heterocycles. The second-order valence-corrected chi connectivity index (χ2v) is 5.41. The van der Waals surface area contributed by atoms with Gasteiger partial charge in [0.1, 0.15) is 0 Å². The number of nitrogens with zero attached hydrogens (tertiary/aromatic N) is 1. The molecule has 1 aromatic heterocycles. The first-order chi connectivity index (χ1) is 9.51. The van der Waals surface area contributed by atoms with Crippen molar-refractivity contribution < 1.29 is 4.79 Å². The highest BCUT2D eigenvalue weighted by molar-refractivity contribution is 9.10. The summed E-state index contributed by atoms with van der Waals surface area (Å²) >= 11 is 3.43. The van der Waals surface area contributed by atoms with E-state index < -0.39 is 0 Å². The van der Waals surface area contributed by atoms with Crippen molar-refractivity contribution >= 4 is 33.2 Å². The van der Waals surface area contributed by atoms with Crippen LogP contribution in [0.3, 0.4) is 0 Å². The number of carbonyl (C=O) groups is 1. The van der Waals surface area contributed by atoms with Gasteiger partial charge in [-0.1, -0.05) is 6.07 Å². The molecule has 0 fully saturated rings. The molecule has 2 aromatic rings. The molecule has 2 N–H and O–H groups in total. The average Bonchev–Trinajstić information content (AvgIpc) is 2.42. The molecule has 0 aliphatic carbocycles. The zero-order valence-electron chi connectivity index (χ0n) is 11.6.